The topological polar surface area (TPSA) is 50.1 Å². The number of anilines is 1. The Labute approximate surface area is 203 Å². The molecule has 0 saturated carbocycles. The van der Waals surface area contributed by atoms with Crippen LogP contribution in [0.25, 0.3) is 11.2 Å². The van der Waals surface area contributed by atoms with E-state index in [-0.39, 0.29) is 12.1 Å². The average molecular weight is 491 g/mol. The van der Waals surface area contributed by atoms with Crippen molar-refractivity contribution < 1.29 is 4.39 Å². The number of likely N-dealkylation sites (tertiary alicyclic amines) is 1. The molecule has 4 heterocycles. The Kier molecular flexibility index (Phi) is 6.47. The number of halogens is 3. The van der Waals surface area contributed by atoms with Crippen molar-refractivity contribution in [2.75, 3.05) is 31.1 Å². The summed E-state index contributed by atoms with van der Waals surface area (Å²) in [6, 6.07) is 5.32. The fourth-order valence-electron chi connectivity index (χ4n) is 5.20. The van der Waals surface area contributed by atoms with Crippen molar-refractivity contribution in [3.05, 3.63) is 45.7 Å². The van der Waals surface area contributed by atoms with E-state index in [4.69, 9.17) is 33.3 Å². The molecule has 9 heteroatoms. The summed E-state index contributed by atoms with van der Waals surface area (Å²) in [4.78, 5) is 13.9. The first-order valence-electron chi connectivity index (χ1n) is 11.7. The molecule has 6 nitrogen and oxygen atoms in total. The third-order valence-electron chi connectivity index (χ3n) is 7.03. The normalized spacial score (nSPS) is 23.2. The van der Waals surface area contributed by atoms with Crippen molar-refractivity contribution in [2.45, 2.75) is 57.8 Å². The van der Waals surface area contributed by atoms with Crippen LogP contribution in [0.5, 0.6) is 0 Å². The van der Waals surface area contributed by atoms with Crippen LogP contribution in [0.4, 0.5) is 10.2 Å². The van der Waals surface area contributed by atoms with Crippen molar-refractivity contribution in [1.82, 2.24) is 24.6 Å². The molecule has 2 aliphatic heterocycles. The summed E-state index contributed by atoms with van der Waals surface area (Å²) in [6.07, 6.45) is 5.26. The third kappa shape index (κ3) is 4.43. The molecule has 0 amide bonds. The number of benzene rings is 1. The van der Waals surface area contributed by atoms with E-state index in [2.05, 4.69) is 9.88 Å². The monoisotopic (exact) mass is 490 g/mol. The van der Waals surface area contributed by atoms with Crippen molar-refractivity contribution in [2.24, 2.45) is 0 Å². The van der Waals surface area contributed by atoms with E-state index in [1.807, 2.05) is 35.6 Å². The Morgan fingerprint density at radius 1 is 1.12 bits per heavy atom. The summed E-state index contributed by atoms with van der Waals surface area (Å²) >= 11 is 12.5. The first-order chi connectivity index (χ1) is 15.9. The van der Waals surface area contributed by atoms with Crippen LogP contribution in [0.1, 0.15) is 49.9 Å². The van der Waals surface area contributed by atoms with Gasteiger partial charge in [0.05, 0.1) is 24.5 Å². The average Bonchev–Trinajstić information content (AvgIpc) is 3.15. The number of hydrogen-bond donors (Lipinski definition) is 0. The van der Waals surface area contributed by atoms with Crippen LogP contribution in [-0.4, -0.2) is 63.0 Å². The number of nitrogens with zero attached hydrogens (tertiary/aromatic N) is 6. The molecule has 2 fully saturated rings. The lowest BCUT2D eigenvalue weighted by atomic mass is 9.98. The number of hydrogen-bond acceptors (Lipinski definition) is 5. The fraction of sp³-hybridized carbons (Fsp3) is 0.542. The van der Waals surface area contributed by atoms with Gasteiger partial charge in [0.2, 0.25) is 0 Å². The van der Waals surface area contributed by atoms with Crippen molar-refractivity contribution >= 4 is 40.2 Å². The Morgan fingerprint density at radius 3 is 2.64 bits per heavy atom. The molecule has 3 atom stereocenters. The smallest absolute Gasteiger partial charge is 0.179 e. The lowest BCUT2D eigenvalue weighted by Crippen LogP contribution is -2.54. The molecular formula is C24H29Cl2FN6. The summed E-state index contributed by atoms with van der Waals surface area (Å²) < 4.78 is 17.1. The highest BCUT2D eigenvalue weighted by Crippen LogP contribution is 2.32. The maximum atomic E-state index is 15.2. The zero-order valence-corrected chi connectivity index (χ0v) is 20.5. The molecule has 3 unspecified atom stereocenters. The molecule has 5 rings (SSSR count). The van der Waals surface area contributed by atoms with Gasteiger partial charge in [-0.25, -0.2) is 19.0 Å². The quantitative estimate of drug-likeness (QED) is 0.486. The number of piperidine rings is 2. The molecule has 0 bridgehead atoms. The minimum Gasteiger partial charge on any atom is -0.352 e. The van der Waals surface area contributed by atoms with E-state index in [1.165, 1.54) is 19.3 Å². The van der Waals surface area contributed by atoms with Crippen LogP contribution in [0, 0.1) is 6.92 Å². The van der Waals surface area contributed by atoms with Gasteiger partial charge in [-0.2, -0.15) is 5.10 Å². The number of aryl methyl sites for hydroxylation is 1. The van der Waals surface area contributed by atoms with E-state index in [1.54, 1.807) is 12.3 Å². The Bertz CT molecular complexity index is 1150. The maximum absolute atomic E-state index is 15.2. The molecule has 0 aliphatic carbocycles. The van der Waals surface area contributed by atoms with Gasteiger partial charge < -0.3 is 4.90 Å². The van der Waals surface area contributed by atoms with Gasteiger partial charge >= 0.3 is 0 Å². The highest BCUT2D eigenvalue weighted by Gasteiger charge is 2.34. The molecule has 33 heavy (non-hydrogen) atoms. The number of fused-ring (bicyclic) bond motifs is 1. The van der Waals surface area contributed by atoms with Crippen LogP contribution in [-0.2, 0) is 0 Å². The van der Waals surface area contributed by atoms with Crippen LogP contribution < -0.4 is 4.90 Å². The predicted octanol–water partition coefficient (Wildman–Crippen LogP) is 5.45. The maximum Gasteiger partial charge on any atom is 0.179 e. The highest BCUT2D eigenvalue weighted by molar-refractivity contribution is 6.35. The minimum atomic E-state index is -0.896. The minimum absolute atomic E-state index is 0.0121. The van der Waals surface area contributed by atoms with Crippen LogP contribution in [0.15, 0.2) is 24.4 Å². The van der Waals surface area contributed by atoms with Gasteiger partial charge in [-0.1, -0.05) is 35.7 Å². The summed E-state index contributed by atoms with van der Waals surface area (Å²) in [5.41, 5.74) is 3.13. The summed E-state index contributed by atoms with van der Waals surface area (Å²) in [5.74, 6) is 0.692. The standard InChI is InChI=1S/C24H29Cl2FN6/c1-15-23-24(33(30-15)16(2)18-7-6-17(25)12-19(18)26)29-22(13-28-23)32-11-8-21(20(27)14-32)31-9-4-3-5-10-31/h6-7,12-13,16,20-21H,3-5,8-11,14H2,1-2H3. The fourth-order valence-corrected chi connectivity index (χ4v) is 5.76. The largest absolute Gasteiger partial charge is 0.352 e. The number of alkyl halides is 1. The van der Waals surface area contributed by atoms with E-state index in [0.29, 0.717) is 28.1 Å². The van der Waals surface area contributed by atoms with Gasteiger partial charge in [0, 0.05) is 22.6 Å². The molecule has 2 saturated heterocycles. The van der Waals surface area contributed by atoms with Gasteiger partial charge in [0.25, 0.3) is 0 Å². The molecule has 0 spiro atoms. The third-order valence-corrected chi connectivity index (χ3v) is 7.59. The Balaban J connectivity index is 1.41. The SMILES string of the molecule is Cc1nn(C(C)c2ccc(Cl)cc2Cl)c2nc(N3CCC(N4CCCCC4)C(F)C3)cnc12. The molecule has 1 aromatic carbocycles. The van der Waals surface area contributed by atoms with Crippen molar-refractivity contribution in [3.8, 4) is 0 Å². The molecule has 2 aliphatic rings. The molecule has 176 valence electrons. The summed E-state index contributed by atoms with van der Waals surface area (Å²) in [7, 11) is 0. The first-order valence-corrected chi connectivity index (χ1v) is 12.5. The second-order valence-corrected chi connectivity index (χ2v) is 10.0. The lowest BCUT2D eigenvalue weighted by molar-refractivity contribution is 0.0766. The van der Waals surface area contributed by atoms with Crippen molar-refractivity contribution in [3.63, 3.8) is 0 Å². The Morgan fingerprint density at radius 2 is 1.91 bits per heavy atom. The van der Waals surface area contributed by atoms with Crippen LogP contribution >= 0.6 is 23.2 Å². The zero-order valence-electron chi connectivity index (χ0n) is 19.0. The second-order valence-electron chi connectivity index (χ2n) is 9.19. The molecule has 2 aromatic heterocycles. The number of rotatable bonds is 4. The van der Waals surface area contributed by atoms with Crippen molar-refractivity contribution in [1.29, 1.82) is 0 Å². The predicted molar refractivity (Wildman–Crippen MR) is 131 cm³/mol. The highest BCUT2D eigenvalue weighted by atomic mass is 35.5. The van der Waals surface area contributed by atoms with Crippen LogP contribution in [0.3, 0.4) is 0 Å². The molecule has 3 aromatic rings. The summed E-state index contributed by atoms with van der Waals surface area (Å²) in [5, 5.41) is 5.88. The van der Waals surface area contributed by atoms with E-state index in [9.17, 15) is 0 Å². The first kappa shape index (κ1) is 22.8. The summed E-state index contributed by atoms with van der Waals surface area (Å²) in [6.45, 7) is 7.09. The van der Waals surface area contributed by atoms with Crippen LogP contribution in [0.2, 0.25) is 10.0 Å². The molecular weight excluding hydrogens is 462 g/mol. The van der Waals surface area contributed by atoms with Gasteiger partial charge in [0.15, 0.2) is 5.65 Å². The van der Waals surface area contributed by atoms with Gasteiger partial charge in [-0.15, -0.1) is 0 Å². The van der Waals surface area contributed by atoms with E-state index < -0.39 is 6.17 Å². The zero-order chi connectivity index (χ0) is 23.1. The molecule has 0 radical (unpaired) electrons. The molecule has 0 N–H and O–H groups in total. The number of aromatic nitrogens is 4. The Hall–Kier alpha value is -1.96. The second kappa shape index (κ2) is 9.35. The van der Waals surface area contributed by atoms with Gasteiger partial charge in [0.1, 0.15) is 17.5 Å². The van der Waals surface area contributed by atoms with E-state index in [0.717, 1.165) is 42.8 Å². The van der Waals surface area contributed by atoms with Gasteiger partial charge in [-0.3, -0.25) is 4.90 Å². The lowest BCUT2D eigenvalue weighted by Gasteiger charge is -2.42. The van der Waals surface area contributed by atoms with Gasteiger partial charge in [-0.05, 0) is 63.9 Å². The van der Waals surface area contributed by atoms with E-state index >= 15 is 4.39 Å².